The van der Waals surface area contributed by atoms with Crippen LogP contribution in [0.3, 0.4) is 0 Å². The fraction of sp³-hybridized carbons (Fsp3) is 0.278. The van der Waals surface area contributed by atoms with E-state index in [-0.39, 0.29) is 29.2 Å². The molecule has 0 spiro atoms. The van der Waals surface area contributed by atoms with Crippen LogP contribution in [0.2, 0.25) is 0 Å². The predicted molar refractivity (Wildman–Crippen MR) is 91.8 cm³/mol. The van der Waals surface area contributed by atoms with Crippen LogP contribution in [0.15, 0.2) is 42.7 Å². The lowest BCUT2D eigenvalue weighted by Crippen LogP contribution is -2.46. The van der Waals surface area contributed by atoms with Crippen LogP contribution in [-0.2, 0) is 0 Å². The summed E-state index contributed by atoms with van der Waals surface area (Å²) in [6.07, 6.45) is 3.54. The van der Waals surface area contributed by atoms with Crippen LogP contribution in [0, 0.1) is 0 Å². The summed E-state index contributed by atoms with van der Waals surface area (Å²) < 4.78 is 0. The highest BCUT2D eigenvalue weighted by Crippen LogP contribution is 2.14. The van der Waals surface area contributed by atoms with Crippen molar-refractivity contribution in [1.82, 2.24) is 20.2 Å². The molecule has 1 aliphatic heterocycles. The summed E-state index contributed by atoms with van der Waals surface area (Å²) in [6, 6.07) is 9.00. The van der Waals surface area contributed by atoms with E-state index in [4.69, 9.17) is 5.11 Å². The van der Waals surface area contributed by atoms with Gasteiger partial charge in [0.25, 0.3) is 11.8 Å². The Labute approximate surface area is 149 Å². The molecular weight excluding hydrogens is 336 g/mol. The second-order valence-electron chi connectivity index (χ2n) is 6.00. The number of carbonyl (C=O) groups is 3. The lowest BCUT2D eigenvalue weighted by atomic mass is 10.0. The number of hydrogen-bond donors (Lipinski definition) is 2. The number of carbonyl (C=O) groups excluding carboxylic acids is 2. The fourth-order valence-corrected chi connectivity index (χ4v) is 2.80. The van der Waals surface area contributed by atoms with Gasteiger partial charge >= 0.3 is 5.97 Å². The van der Waals surface area contributed by atoms with Crippen molar-refractivity contribution in [3.63, 3.8) is 0 Å². The maximum atomic E-state index is 12.4. The van der Waals surface area contributed by atoms with Gasteiger partial charge in [0.2, 0.25) is 0 Å². The van der Waals surface area contributed by atoms with E-state index < -0.39 is 5.97 Å². The fourth-order valence-electron chi connectivity index (χ4n) is 2.80. The number of likely N-dealkylation sites (tertiary alicyclic amines) is 1. The molecule has 3 rings (SSSR count). The minimum atomic E-state index is -1.19. The van der Waals surface area contributed by atoms with Gasteiger partial charge in [-0.1, -0.05) is 18.2 Å². The molecule has 8 heteroatoms. The second-order valence-corrected chi connectivity index (χ2v) is 6.00. The number of amides is 2. The summed E-state index contributed by atoms with van der Waals surface area (Å²) in [5.74, 6) is -1.60. The molecule has 0 radical (unpaired) electrons. The summed E-state index contributed by atoms with van der Waals surface area (Å²) in [7, 11) is 0. The van der Waals surface area contributed by atoms with Gasteiger partial charge in [0.1, 0.15) is 5.69 Å². The zero-order valence-corrected chi connectivity index (χ0v) is 14.0. The van der Waals surface area contributed by atoms with Gasteiger partial charge in [-0.2, -0.15) is 0 Å². The molecule has 1 aromatic carbocycles. The van der Waals surface area contributed by atoms with Gasteiger partial charge in [0.15, 0.2) is 5.69 Å². The normalized spacial score (nSPS) is 14.7. The van der Waals surface area contributed by atoms with Crippen molar-refractivity contribution in [3.05, 3.63) is 59.7 Å². The van der Waals surface area contributed by atoms with E-state index >= 15 is 0 Å². The Bertz CT molecular complexity index is 800. The number of nitrogens with one attached hydrogen (secondary N) is 1. The SMILES string of the molecule is O=C(NC1CCN(C(=O)c2cnc(C(=O)O)cn2)CC1)c1ccccc1. The molecule has 2 heterocycles. The largest absolute Gasteiger partial charge is 0.476 e. The Morgan fingerprint density at radius 1 is 1.00 bits per heavy atom. The Balaban J connectivity index is 1.54. The molecule has 0 aliphatic carbocycles. The van der Waals surface area contributed by atoms with Gasteiger partial charge in [-0.3, -0.25) is 9.59 Å². The zero-order chi connectivity index (χ0) is 18.5. The van der Waals surface area contributed by atoms with E-state index in [1.165, 1.54) is 6.20 Å². The van der Waals surface area contributed by atoms with Gasteiger partial charge in [0, 0.05) is 24.7 Å². The topological polar surface area (TPSA) is 112 Å². The van der Waals surface area contributed by atoms with Gasteiger partial charge in [-0.15, -0.1) is 0 Å². The molecular formula is C18H18N4O4. The van der Waals surface area contributed by atoms with Crippen molar-refractivity contribution in [2.45, 2.75) is 18.9 Å². The first-order valence-electron chi connectivity index (χ1n) is 8.25. The first-order valence-corrected chi connectivity index (χ1v) is 8.25. The maximum absolute atomic E-state index is 12.4. The lowest BCUT2D eigenvalue weighted by Gasteiger charge is -2.32. The van der Waals surface area contributed by atoms with Crippen LogP contribution in [0.25, 0.3) is 0 Å². The third-order valence-electron chi connectivity index (χ3n) is 4.24. The smallest absolute Gasteiger partial charge is 0.356 e. The summed E-state index contributed by atoms with van der Waals surface area (Å²) in [4.78, 5) is 44.6. The molecule has 1 fully saturated rings. The van der Waals surface area contributed by atoms with Crippen molar-refractivity contribution in [1.29, 1.82) is 0 Å². The first kappa shape index (κ1) is 17.5. The Morgan fingerprint density at radius 3 is 2.19 bits per heavy atom. The first-order chi connectivity index (χ1) is 12.5. The van der Waals surface area contributed by atoms with Crippen molar-refractivity contribution in [2.24, 2.45) is 0 Å². The van der Waals surface area contributed by atoms with E-state index in [0.29, 0.717) is 31.5 Å². The van der Waals surface area contributed by atoms with Crippen molar-refractivity contribution in [3.8, 4) is 0 Å². The number of benzene rings is 1. The van der Waals surface area contributed by atoms with Crippen LogP contribution in [-0.4, -0.2) is 56.9 Å². The molecule has 1 saturated heterocycles. The molecule has 1 aromatic heterocycles. The average molecular weight is 354 g/mol. The number of aromatic carboxylic acids is 1. The van der Waals surface area contributed by atoms with Gasteiger partial charge < -0.3 is 15.3 Å². The maximum Gasteiger partial charge on any atom is 0.356 e. The van der Waals surface area contributed by atoms with Crippen LogP contribution in [0.5, 0.6) is 0 Å². The lowest BCUT2D eigenvalue weighted by molar-refractivity contribution is 0.0672. The third kappa shape index (κ3) is 4.02. The summed E-state index contributed by atoms with van der Waals surface area (Å²) in [5.41, 5.74) is 0.519. The molecule has 2 N–H and O–H groups in total. The van der Waals surface area contributed by atoms with E-state index in [1.54, 1.807) is 17.0 Å². The monoisotopic (exact) mass is 354 g/mol. The number of carboxylic acids is 1. The number of nitrogens with zero attached hydrogens (tertiary/aromatic N) is 3. The van der Waals surface area contributed by atoms with Crippen molar-refractivity contribution >= 4 is 17.8 Å². The number of hydrogen-bond acceptors (Lipinski definition) is 5. The molecule has 0 unspecified atom stereocenters. The van der Waals surface area contributed by atoms with Crippen molar-refractivity contribution in [2.75, 3.05) is 13.1 Å². The molecule has 8 nitrogen and oxygen atoms in total. The molecule has 0 saturated carbocycles. The van der Waals surface area contributed by atoms with Gasteiger partial charge in [-0.05, 0) is 25.0 Å². The molecule has 2 amide bonds. The molecule has 1 aliphatic rings. The number of aromatic nitrogens is 2. The molecule has 134 valence electrons. The second kappa shape index (κ2) is 7.73. The van der Waals surface area contributed by atoms with Crippen molar-refractivity contribution < 1.29 is 19.5 Å². The molecule has 2 aromatic rings. The molecule has 0 bridgehead atoms. The third-order valence-corrected chi connectivity index (χ3v) is 4.24. The van der Waals surface area contributed by atoms with Crippen LogP contribution < -0.4 is 5.32 Å². The number of carboxylic acid groups (broad SMARTS) is 1. The Hall–Kier alpha value is -3.29. The Kier molecular flexibility index (Phi) is 5.21. The summed E-state index contributed by atoms with van der Waals surface area (Å²) in [6.45, 7) is 0.974. The Morgan fingerprint density at radius 2 is 1.62 bits per heavy atom. The van der Waals surface area contributed by atoms with Crippen LogP contribution in [0.4, 0.5) is 0 Å². The van der Waals surface area contributed by atoms with E-state index in [1.807, 2.05) is 18.2 Å². The minimum absolute atomic E-state index is 0.00669. The van der Waals surface area contributed by atoms with Crippen LogP contribution >= 0.6 is 0 Å². The number of rotatable bonds is 4. The quantitative estimate of drug-likeness (QED) is 0.853. The van der Waals surface area contributed by atoms with Gasteiger partial charge in [-0.25, -0.2) is 14.8 Å². The summed E-state index contributed by atoms with van der Waals surface area (Å²) in [5, 5.41) is 11.8. The molecule has 26 heavy (non-hydrogen) atoms. The van der Waals surface area contributed by atoms with E-state index in [2.05, 4.69) is 15.3 Å². The zero-order valence-electron chi connectivity index (χ0n) is 14.0. The highest BCUT2D eigenvalue weighted by Gasteiger charge is 2.25. The summed E-state index contributed by atoms with van der Waals surface area (Å²) >= 11 is 0. The number of piperidine rings is 1. The highest BCUT2D eigenvalue weighted by molar-refractivity contribution is 5.94. The van der Waals surface area contributed by atoms with E-state index in [0.717, 1.165) is 6.20 Å². The van der Waals surface area contributed by atoms with Gasteiger partial charge in [0.05, 0.1) is 12.4 Å². The average Bonchev–Trinajstić information content (AvgIpc) is 2.69. The van der Waals surface area contributed by atoms with Crippen LogP contribution in [0.1, 0.15) is 44.2 Å². The molecule has 0 atom stereocenters. The highest BCUT2D eigenvalue weighted by atomic mass is 16.4. The van der Waals surface area contributed by atoms with E-state index in [9.17, 15) is 14.4 Å². The minimum Gasteiger partial charge on any atom is -0.476 e. The standard InChI is InChI=1S/C18H18N4O4/c23-16(12-4-2-1-3-5-12)21-13-6-8-22(9-7-13)17(24)14-10-20-15(11-19-14)18(25)26/h1-5,10-11,13H,6-9H2,(H,21,23)(H,25,26). The predicted octanol–water partition coefficient (Wildman–Crippen LogP) is 1.21.